The lowest BCUT2D eigenvalue weighted by atomic mass is 9.91. The number of nitrogens with one attached hydrogen (secondary N) is 2. The maximum absolute atomic E-state index is 13.4. The predicted molar refractivity (Wildman–Crippen MR) is 163 cm³/mol. The van der Waals surface area contributed by atoms with Crippen molar-refractivity contribution >= 4 is 33.9 Å². The van der Waals surface area contributed by atoms with Crippen LogP contribution in [-0.4, -0.2) is 57.7 Å². The molecule has 0 amide bonds. The van der Waals surface area contributed by atoms with Crippen LogP contribution in [0.2, 0.25) is 0 Å². The van der Waals surface area contributed by atoms with Crippen LogP contribution in [0.4, 0.5) is 11.5 Å². The number of hydrogen-bond acceptors (Lipinski definition) is 8. The summed E-state index contributed by atoms with van der Waals surface area (Å²) in [5.41, 5.74) is 4.13. The summed E-state index contributed by atoms with van der Waals surface area (Å²) in [6.07, 6.45) is 3.80. The van der Waals surface area contributed by atoms with E-state index >= 15 is 0 Å². The highest BCUT2D eigenvalue weighted by Gasteiger charge is 2.37. The summed E-state index contributed by atoms with van der Waals surface area (Å²) in [4.78, 5) is 30.2. The zero-order valence-corrected chi connectivity index (χ0v) is 24.3. The molecular formula is C31H37N7OS. The van der Waals surface area contributed by atoms with E-state index in [2.05, 4.69) is 68.7 Å². The fourth-order valence-corrected chi connectivity index (χ4v) is 7.63. The normalized spacial score (nSPS) is 21.5. The van der Waals surface area contributed by atoms with Gasteiger partial charge in [-0.1, -0.05) is 24.3 Å². The molecule has 1 aromatic carbocycles. The molecule has 8 rings (SSSR count). The summed E-state index contributed by atoms with van der Waals surface area (Å²) >= 11 is 1.84. The number of hydrogen-bond donors (Lipinski definition) is 2. The van der Waals surface area contributed by atoms with Crippen molar-refractivity contribution < 1.29 is 0 Å². The summed E-state index contributed by atoms with van der Waals surface area (Å²) in [6, 6.07) is 16.3. The van der Waals surface area contributed by atoms with Gasteiger partial charge in [0.05, 0.1) is 11.4 Å². The molecule has 4 aliphatic rings. The van der Waals surface area contributed by atoms with Crippen molar-refractivity contribution in [3.05, 3.63) is 69.1 Å². The first-order valence-corrected chi connectivity index (χ1v) is 15.3. The molecule has 3 aromatic heterocycles. The Balaban J connectivity index is 1.18. The number of nitrogens with zero attached hydrogens (tertiary/aromatic N) is 5. The number of benzene rings is 1. The molecule has 208 valence electrons. The standard InChI is InChI=1S/C31H37N7OS/c1-19(27-10-11-28(40-27)24-9-5-4-8-21(24)16-37-12-6-7-13-37)32-29-25-15-26(38-17-22-14-23(18-38)35-22)31(39)36(3)30(25)34-20(2)33-29/h4-5,8-11,15,19,22-23,35H,6-7,12-14,16-18H2,1-3H3,(H,32,33,34)/t19-,22?,23?/m1/s1. The Hall–Kier alpha value is -3.27. The first-order chi connectivity index (χ1) is 19.4. The molecule has 4 aliphatic heterocycles. The Kier molecular flexibility index (Phi) is 6.60. The molecular weight excluding hydrogens is 518 g/mol. The number of aryl methyl sites for hydroxylation is 2. The van der Waals surface area contributed by atoms with Crippen LogP contribution in [0.1, 0.15) is 48.5 Å². The number of fused-ring (bicyclic) bond motifs is 3. The van der Waals surface area contributed by atoms with Crippen molar-refractivity contribution in [3.8, 4) is 10.4 Å². The lowest BCUT2D eigenvalue weighted by molar-refractivity contribution is 0.225. The highest BCUT2D eigenvalue weighted by atomic mass is 32.1. The number of piperidine rings is 1. The van der Waals surface area contributed by atoms with Gasteiger partial charge < -0.3 is 15.5 Å². The summed E-state index contributed by atoms with van der Waals surface area (Å²) in [7, 11) is 1.82. The first-order valence-electron chi connectivity index (χ1n) is 14.5. The molecule has 40 heavy (non-hydrogen) atoms. The minimum absolute atomic E-state index is 0.00129. The third kappa shape index (κ3) is 4.70. The number of piperazine rings is 1. The van der Waals surface area contributed by atoms with E-state index in [-0.39, 0.29) is 11.6 Å². The van der Waals surface area contributed by atoms with E-state index in [9.17, 15) is 4.79 Å². The third-order valence-electron chi connectivity index (χ3n) is 8.70. The highest BCUT2D eigenvalue weighted by molar-refractivity contribution is 7.15. The number of rotatable bonds is 7. The van der Waals surface area contributed by atoms with Crippen LogP contribution < -0.4 is 21.1 Å². The summed E-state index contributed by atoms with van der Waals surface area (Å²) in [6.45, 7) is 9.19. The molecule has 4 aromatic rings. The van der Waals surface area contributed by atoms with E-state index in [1.165, 1.54) is 53.2 Å². The summed E-state index contributed by atoms with van der Waals surface area (Å²) in [5.74, 6) is 1.42. The quantitative estimate of drug-likeness (QED) is 0.343. The van der Waals surface area contributed by atoms with Gasteiger partial charge >= 0.3 is 0 Å². The van der Waals surface area contributed by atoms with Crippen molar-refractivity contribution in [2.75, 3.05) is 36.4 Å². The topological polar surface area (TPSA) is 78.3 Å². The molecule has 3 atom stereocenters. The van der Waals surface area contributed by atoms with E-state index in [0.717, 1.165) is 36.5 Å². The number of thiophene rings is 1. The van der Waals surface area contributed by atoms with Crippen molar-refractivity contribution in [2.45, 2.75) is 57.8 Å². The van der Waals surface area contributed by atoms with E-state index in [1.807, 2.05) is 31.4 Å². The van der Waals surface area contributed by atoms with Crippen molar-refractivity contribution in [3.63, 3.8) is 0 Å². The van der Waals surface area contributed by atoms with Crippen LogP contribution in [0.3, 0.4) is 0 Å². The molecule has 2 N–H and O–H groups in total. The van der Waals surface area contributed by atoms with Crippen molar-refractivity contribution in [2.24, 2.45) is 7.05 Å². The van der Waals surface area contributed by atoms with Gasteiger partial charge in [-0.15, -0.1) is 11.3 Å². The molecule has 0 radical (unpaired) electrons. The minimum Gasteiger partial charge on any atom is -0.364 e. The molecule has 7 heterocycles. The van der Waals surface area contributed by atoms with Crippen LogP contribution >= 0.6 is 11.3 Å². The van der Waals surface area contributed by atoms with Crippen LogP contribution in [0.25, 0.3) is 21.5 Å². The minimum atomic E-state index is 0.00129. The molecule has 0 saturated carbocycles. The maximum atomic E-state index is 13.4. The average Bonchev–Trinajstić information content (AvgIpc) is 3.64. The average molecular weight is 556 g/mol. The Labute approximate surface area is 239 Å². The second-order valence-electron chi connectivity index (χ2n) is 11.7. The molecule has 2 bridgehead atoms. The Bertz CT molecular complexity index is 1610. The fraction of sp³-hybridized carbons (Fsp3) is 0.452. The van der Waals surface area contributed by atoms with Crippen LogP contribution in [0, 0.1) is 6.92 Å². The van der Waals surface area contributed by atoms with Crippen LogP contribution in [-0.2, 0) is 13.6 Å². The van der Waals surface area contributed by atoms with Gasteiger partial charge in [0.25, 0.3) is 5.56 Å². The molecule has 0 spiro atoms. The van der Waals surface area contributed by atoms with Gasteiger partial charge in [-0.2, -0.15) is 0 Å². The van der Waals surface area contributed by atoms with Gasteiger partial charge in [0.1, 0.15) is 23.0 Å². The molecule has 0 aliphatic carbocycles. The third-order valence-corrected chi connectivity index (χ3v) is 10.0. The number of likely N-dealkylation sites (tertiary alicyclic amines) is 1. The fourth-order valence-electron chi connectivity index (χ4n) is 6.55. The predicted octanol–water partition coefficient (Wildman–Crippen LogP) is 4.68. The monoisotopic (exact) mass is 555 g/mol. The van der Waals surface area contributed by atoms with E-state index in [0.29, 0.717) is 23.6 Å². The summed E-state index contributed by atoms with van der Waals surface area (Å²) < 4.78 is 1.68. The molecule has 4 saturated heterocycles. The Morgan fingerprint density at radius 1 is 1.10 bits per heavy atom. The zero-order valence-electron chi connectivity index (χ0n) is 23.5. The lowest BCUT2D eigenvalue weighted by Gasteiger charge is -2.49. The van der Waals surface area contributed by atoms with E-state index in [1.54, 1.807) is 4.57 Å². The van der Waals surface area contributed by atoms with Gasteiger partial charge in [-0.3, -0.25) is 14.3 Å². The number of anilines is 2. The van der Waals surface area contributed by atoms with Gasteiger partial charge in [0.2, 0.25) is 0 Å². The largest absolute Gasteiger partial charge is 0.364 e. The van der Waals surface area contributed by atoms with Gasteiger partial charge in [-0.25, -0.2) is 9.97 Å². The molecule has 8 nitrogen and oxygen atoms in total. The maximum Gasteiger partial charge on any atom is 0.275 e. The summed E-state index contributed by atoms with van der Waals surface area (Å²) in [5, 5.41) is 8.12. The number of aromatic nitrogens is 3. The van der Waals surface area contributed by atoms with Gasteiger partial charge in [-0.05, 0) is 75.5 Å². The number of pyridine rings is 1. The smallest absolute Gasteiger partial charge is 0.275 e. The van der Waals surface area contributed by atoms with Crippen LogP contribution in [0.15, 0.2) is 47.3 Å². The SMILES string of the molecule is Cc1nc(N[C@H](C)c2ccc(-c3ccccc3CN3CCCC3)s2)c2cc(N3CC4CC(C3)N4)c(=O)n(C)c2n1. The lowest BCUT2D eigenvalue weighted by Crippen LogP contribution is -2.67. The van der Waals surface area contributed by atoms with Gasteiger partial charge in [0.15, 0.2) is 0 Å². The molecule has 4 fully saturated rings. The van der Waals surface area contributed by atoms with E-state index in [4.69, 9.17) is 4.98 Å². The van der Waals surface area contributed by atoms with E-state index < -0.39 is 0 Å². The molecule has 9 heteroatoms. The molecule has 2 unspecified atom stereocenters. The second kappa shape index (κ2) is 10.3. The Morgan fingerprint density at radius 3 is 2.62 bits per heavy atom. The van der Waals surface area contributed by atoms with Crippen molar-refractivity contribution in [1.82, 2.24) is 24.8 Å². The van der Waals surface area contributed by atoms with Gasteiger partial charge in [0, 0.05) is 48.5 Å². The van der Waals surface area contributed by atoms with Crippen molar-refractivity contribution in [1.29, 1.82) is 0 Å². The van der Waals surface area contributed by atoms with Crippen LogP contribution in [0.5, 0.6) is 0 Å². The highest BCUT2D eigenvalue weighted by Crippen LogP contribution is 2.36. The first kappa shape index (κ1) is 25.7. The second-order valence-corrected chi connectivity index (χ2v) is 12.8. The Morgan fingerprint density at radius 2 is 1.85 bits per heavy atom. The zero-order chi connectivity index (χ0) is 27.4.